The van der Waals surface area contributed by atoms with Crippen molar-refractivity contribution in [2.24, 2.45) is 5.92 Å². The lowest BCUT2D eigenvalue weighted by Crippen LogP contribution is -2.55. The standard InChI is InChI=1S/C21H28BrN3O4/c1-12(2)18(24-21(28)29-3)20(27)25-10-4-5-17(25)19(26)23-16-9-6-13-11-14(22)7-8-15(13)16/h7-8,11-12,16-18H,4-6,9-10H2,1-3H3,(H,23,26)(H,24,28)/t16?,17?,18-/m0/s1. The van der Waals surface area contributed by atoms with Gasteiger partial charge in [0.15, 0.2) is 0 Å². The highest BCUT2D eigenvalue weighted by molar-refractivity contribution is 9.10. The molecule has 0 bridgehead atoms. The highest BCUT2D eigenvalue weighted by Crippen LogP contribution is 2.33. The third-order valence-electron chi connectivity index (χ3n) is 5.73. The summed E-state index contributed by atoms with van der Waals surface area (Å²) in [5.41, 5.74) is 2.39. The number of alkyl carbamates (subject to hydrolysis) is 1. The first-order chi connectivity index (χ1) is 13.8. The smallest absolute Gasteiger partial charge is 0.407 e. The van der Waals surface area contributed by atoms with Crippen LogP contribution in [0.2, 0.25) is 0 Å². The van der Waals surface area contributed by atoms with Crippen molar-refractivity contribution in [1.29, 1.82) is 0 Å². The van der Waals surface area contributed by atoms with E-state index >= 15 is 0 Å². The molecule has 3 amide bonds. The number of amides is 3. The van der Waals surface area contributed by atoms with Crippen LogP contribution in [0.5, 0.6) is 0 Å². The summed E-state index contributed by atoms with van der Waals surface area (Å²) in [7, 11) is 1.27. The number of hydrogen-bond acceptors (Lipinski definition) is 4. The molecule has 3 rings (SSSR count). The molecule has 2 unspecified atom stereocenters. The van der Waals surface area contributed by atoms with E-state index in [2.05, 4.69) is 37.4 Å². The van der Waals surface area contributed by atoms with Crippen LogP contribution < -0.4 is 10.6 Å². The lowest BCUT2D eigenvalue weighted by Gasteiger charge is -2.30. The predicted octanol–water partition coefficient (Wildman–Crippen LogP) is 2.92. The van der Waals surface area contributed by atoms with Gasteiger partial charge in [0, 0.05) is 11.0 Å². The first kappa shape index (κ1) is 21.6. The van der Waals surface area contributed by atoms with Gasteiger partial charge < -0.3 is 20.3 Å². The first-order valence-electron chi connectivity index (χ1n) is 10.1. The summed E-state index contributed by atoms with van der Waals surface area (Å²) in [4.78, 5) is 39.4. The fraction of sp³-hybridized carbons (Fsp3) is 0.571. The van der Waals surface area contributed by atoms with Crippen molar-refractivity contribution in [3.05, 3.63) is 33.8 Å². The van der Waals surface area contributed by atoms with Gasteiger partial charge in [-0.2, -0.15) is 0 Å². The molecule has 0 radical (unpaired) electrons. The van der Waals surface area contributed by atoms with Crippen LogP contribution in [0.25, 0.3) is 0 Å². The van der Waals surface area contributed by atoms with E-state index < -0.39 is 18.2 Å². The van der Waals surface area contributed by atoms with Gasteiger partial charge in [-0.15, -0.1) is 0 Å². The first-order valence-corrected chi connectivity index (χ1v) is 10.8. The highest BCUT2D eigenvalue weighted by atomic mass is 79.9. The number of ether oxygens (including phenoxy) is 1. The molecule has 0 spiro atoms. The quantitative estimate of drug-likeness (QED) is 0.699. The Hall–Kier alpha value is -2.09. The number of nitrogens with one attached hydrogen (secondary N) is 2. The second kappa shape index (κ2) is 9.15. The summed E-state index contributed by atoms with van der Waals surface area (Å²) in [6.45, 7) is 4.23. The molecule has 1 saturated heterocycles. The largest absolute Gasteiger partial charge is 0.453 e. The van der Waals surface area contributed by atoms with E-state index in [0.717, 1.165) is 29.3 Å². The van der Waals surface area contributed by atoms with E-state index in [0.29, 0.717) is 13.0 Å². The van der Waals surface area contributed by atoms with Crippen LogP contribution >= 0.6 is 15.9 Å². The highest BCUT2D eigenvalue weighted by Gasteiger charge is 2.39. The van der Waals surface area contributed by atoms with Gasteiger partial charge in [0.05, 0.1) is 13.2 Å². The number of nitrogens with zero attached hydrogens (tertiary/aromatic N) is 1. The number of carbonyl (C=O) groups is 3. The molecule has 1 aromatic rings. The van der Waals surface area contributed by atoms with Crippen molar-refractivity contribution in [3.8, 4) is 0 Å². The number of carbonyl (C=O) groups excluding carboxylic acids is 3. The molecule has 158 valence electrons. The lowest BCUT2D eigenvalue weighted by molar-refractivity contribution is -0.141. The maximum absolute atomic E-state index is 13.1. The summed E-state index contributed by atoms with van der Waals surface area (Å²) >= 11 is 3.49. The summed E-state index contributed by atoms with van der Waals surface area (Å²) in [6.07, 6.45) is 2.52. The fourth-order valence-corrected chi connectivity index (χ4v) is 4.59. The Kier molecular flexibility index (Phi) is 6.82. The number of halogens is 1. The number of aryl methyl sites for hydroxylation is 1. The van der Waals surface area contributed by atoms with Crippen LogP contribution in [0.3, 0.4) is 0 Å². The van der Waals surface area contributed by atoms with Gasteiger partial charge in [-0.25, -0.2) is 4.79 Å². The van der Waals surface area contributed by atoms with Crippen molar-refractivity contribution >= 4 is 33.8 Å². The van der Waals surface area contributed by atoms with Crippen molar-refractivity contribution < 1.29 is 19.1 Å². The molecule has 7 nitrogen and oxygen atoms in total. The minimum Gasteiger partial charge on any atom is -0.453 e. The maximum Gasteiger partial charge on any atom is 0.407 e. The van der Waals surface area contributed by atoms with Crippen molar-refractivity contribution in [3.63, 3.8) is 0 Å². The van der Waals surface area contributed by atoms with Gasteiger partial charge in [0.1, 0.15) is 12.1 Å². The van der Waals surface area contributed by atoms with Gasteiger partial charge >= 0.3 is 6.09 Å². The van der Waals surface area contributed by atoms with Crippen LogP contribution in [0.15, 0.2) is 22.7 Å². The number of methoxy groups -OCH3 is 1. The SMILES string of the molecule is COC(=O)N[C@H](C(=O)N1CCCC1C(=O)NC1CCc2cc(Br)ccc21)C(C)C. The van der Waals surface area contributed by atoms with Gasteiger partial charge in [-0.3, -0.25) is 9.59 Å². The third kappa shape index (κ3) is 4.74. The Morgan fingerprint density at radius 1 is 1.24 bits per heavy atom. The minimum atomic E-state index is -0.722. The molecule has 29 heavy (non-hydrogen) atoms. The average molecular weight is 466 g/mol. The molecule has 1 aromatic carbocycles. The molecule has 8 heteroatoms. The zero-order valence-electron chi connectivity index (χ0n) is 17.0. The summed E-state index contributed by atoms with van der Waals surface area (Å²) in [5.74, 6) is -0.484. The van der Waals surface area contributed by atoms with Crippen molar-refractivity contribution in [1.82, 2.24) is 15.5 Å². The molecule has 0 saturated carbocycles. The molecule has 1 fully saturated rings. The van der Waals surface area contributed by atoms with Crippen LogP contribution in [-0.4, -0.2) is 48.5 Å². The molecule has 2 N–H and O–H groups in total. The molecule has 1 aliphatic heterocycles. The van der Waals surface area contributed by atoms with E-state index in [1.54, 1.807) is 4.90 Å². The topological polar surface area (TPSA) is 87.7 Å². The number of rotatable bonds is 5. The second-order valence-corrected chi connectivity index (χ2v) is 8.91. The normalized spacial score (nSPS) is 21.6. The number of hydrogen-bond donors (Lipinski definition) is 2. The molecule has 2 aliphatic rings. The van der Waals surface area contributed by atoms with Gasteiger partial charge in [-0.05, 0) is 54.9 Å². The van der Waals surface area contributed by atoms with Crippen molar-refractivity contribution in [2.45, 2.75) is 57.7 Å². The van der Waals surface area contributed by atoms with E-state index in [1.165, 1.54) is 12.7 Å². The van der Waals surface area contributed by atoms with Crippen LogP contribution in [-0.2, 0) is 20.7 Å². The van der Waals surface area contributed by atoms with Gasteiger partial charge in [-0.1, -0.05) is 35.8 Å². The molecule has 3 atom stereocenters. The van der Waals surface area contributed by atoms with E-state index in [-0.39, 0.29) is 23.8 Å². The summed E-state index contributed by atoms with van der Waals surface area (Å²) < 4.78 is 5.68. The van der Waals surface area contributed by atoms with E-state index in [1.807, 2.05) is 26.0 Å². The monoisotopic (exact) mass is 465 g/mol. The van der Waals surface area contributed by atoms with Crippen LogP contribution in [0, 0.1) is 5.92 Å². The molecular formula is C21H28BrN3O4. The molecular weight excluding hydrogens is 438 g/mol. The Morgan fingerprint density at radius 2 is 2.00 bits per heavy atom. The minimum absolute atomic E-state index is 0.0303. The van der Waals surface area contributed by atoms with Crippen LogP contribution in [0.4, 0.5) is 4.79 Å². The number of fused-ring (bicyclic) bond motifs is 1. The van der Waals surface area contributed by atoms with Gasteiger partial charge in [0.2, 0.25) is 11.8 Å². The Balaban J connectivity index is 1.69. The molecule has 0 aromatic heterocycles. The molecule has 1 heterocycles. The number of likely N-dealkylation sites (tertiary alicyclic amines) is 1. The van der Waals surface area contributed by atoms with Crippen molar-refractivity contribution in [2.75, 3.05) is 13.7 Å². The third-order valence-corrected chi connectivity index (χ3v) is 6.22. The lowest BCUT2D eigenvalue weighted by atomic mass is 10.0. The predicted molar refractivity (Wildman–Crippen MR) is 112 cm³/mol. The Morgan fingerprint density at radius 3 is 2.69 bits per heavy atom. The van der Waals surface area contributed by atoms with Crippen LogP contribution in [0.1, 0.15) is 50.3 Å². The van der Waals surface area contributed by atoms with Gasteiger partial charge in [0.25, 0.3) is 0 Å². The zero-order valence-corrected chi connectivity index (χ0v) is 18.6. The number of benzene rings is 1. The molecule has 1 aliphatic carbocycles. The maximum atomic E-state index is 13.1. The Labute approximate surface area is 179 Å². The average Bonchev–Trinajstić information content (AvgIpc) is 3.32. The van der Waals surface area contributed by atoms with E-state index in [4.69, 9.17) is 0 Å². The summed E-state index contributed by atoms with van der Waals surface area (Å²) in [5, 5.41) is 5.75. The van der Waals surface area contributed by atoms with E-state index in [9.17, 15) is 14.4 Å². The Bertz CT molecular complexity index is 798. The fourth-order valence-electron chi connectivity index (χ4n) is 4.19. The zero-order chi connectivity index (χ0) is 21.1. The summed E-state index contributed by atoms with van der Waals surface area (Å²) in [6, 6.07) is 4.86. The second-order valence-electron chi connectivity index (χ2n) is 7.99.